The lowest BCUT2D eigenvalue weighted by molar-refractivity contribution is -0.111. The number of hydrogen-bond acceptors (Lipinski definition) is 4. The summed E-state index contributed by atoms with van der Waals surface area (Å²) in [7, 11) is -3.32. The topological polar surface area (TPSA) is 84.3 Å². The van der Waals surface area contributed by atoms with Crippen molar-refractivity contribution in [1.29, 1.82) is 0 Å². The average molecular weight is 471 g/mol. The molecule has 2 aromatic rings. The fourth-order valence-corrected chi connectivity index (χ4v) is 5.28. The first-order chi connectivity index (χ1) is 14.1. The van der Waals surface area contributed by atoms with E-state index in [4.69, 9.17) is 23.2 Å². The third-order valence-corrected chi connectivity index (χ3v) is 7.24. The summed E-state index contributed by atoms with van der Waals surface area (Å²) >= 11 is 12.6. The summed E-state index contributed by atoms with van der Waals surface area (Å²) in [4.78, 5) is 12.4. The van der Waals surface area contributed by atoms with Gasteiger partial charge in [0.2, 0.25) is 15.9 Å². The van der Waals surface area contributed by atoms with Crippen molar-refractivity contribution in [3.8, 4) is 0 Å². The van der Waals surface area contributed by atoms with Crippen molar-refractivity contribution >= 4 is 56.6 Å². The van der Waals surface area contributed by atoms with Crippen LogP contribution in [0.25, 0.3) is 6.08 Å². The van der Waals surface area contributed by atoms with Crippen LogP contribution in [0.3, 0.4) is 0 Å². The first-order valence-electron chi connectivity index (χ1n) is 9.60. The van der Waals surface area contributed by atoms with Gasteiger partial charge in [0.1, 0.15) is 5.15 Å². The summed E-state index contributed by atoms with van der Waals surface area (Å²) in [5.74, 6) is 0.0890. The van der Waals surface area contributed by atoms with Gasteiger partial charge in [0.05, 0.1) is 27.8 Å². The first-order valence-corrected chi connectivity index (χ1v) is 12.0. The van der Waals surface area contributed by atoms with Crippen LogP contribution in [0.2, 0.25) is 10.2 Å². The number of halogens is 2. The number of amides is 1. The fraction of sp³-hybridized carbons (Fsp3) is 0.400. The lowest BCUT2D eigenvalue weighted by Crippen LogP contribution is -2.25. The minimum Gasteiger partial charge on any atom is -0.321 e. The second-order valence-corrected chi connectivity index (χ2v) is 10.4. The zero-order valence-electron chi connectivity index (χ0n) is 17.0. The molecule has 1 N–H and O–H groups in total. The molecular weight excluding hydrogens is 447 g/mol. The molecule has 1 aromatic carbocycles. The van der Waals surface area contributed by atoms with Gasteiger partial charge in [0, 0.05) is 24.7 Å². The maximum absolute atomic E-state index is 12.4. The highest BCUT2D eigenvalue weighted by molar-refractivity contribution is 7.93. The van der Waals surface area contributed by atoms with Crippen LogP contribution < -0.4 is 9.62 Å². The summed E-state index contributed by atoms with van der Waals surface area (Å²) in [6.07, 6.45) is 3.53. The van der Waals surface area contributed by atoms with Crippen molar-refractivity contribution < 1.29 is 13.2 Å². The fourth-order valence-electron chi connectivity index (χ4n) is 3.25. The van der Waals surface area contributed by atoms with E-state index >= 15 is 0 Å². The van der Waals surface area contributed by atoms with Crippen molar-refractivity contribution in [3.63, 3.8) is 0 Å². The van der Waals surface area contributed by atoms with Crippen molar-refractivity contribution in [2.24, 2.45) is 5.92 Å². The van der Waals surface area contributed by atoms with Crippen molar-refractivity contribution in [2.75, 3.05) is 21.9 Å². The van der Waals surface area contributed by atoms with E-state index in [1.165, 1.54) is 10.4 Å². The third-order valence-electron chi connectivity index (χ3n) is 4.64. The second kappa shape index (κ2) is 8.99. The highest BCUT2D eigenvalue weighted by atomic mass is 35.5. The molecular formula is C20H24Cl2N4O3S. The van der Waals surface area contributed by atoms with Gasteiger partial charge >= 0.3 is 0 Å². The van der Waals surface area contributed by atoms with Gasteiger partial charge in [-0.3, -0.25) is 13.8 Å². The van der Waals surface area contributed by atoms with Crippen LogP contribution in [0.1, 0.15) is 31.5 Å². The zero-order valence-corrected chi connectivity index (χ0v) is 19.4. The summed E-state index contributed by atoms with van der Waals surface area (Å²) < 4.78 is 27.3. The van der Waals surface area contributed by atoms with Crippen LogP contribution >= 0.6 is 23.2 Å². The number of aryl methyl sites for hydroxylation is 1. The number of benzene rings is 1. The highest BCUT2D eigenvalue weighted by Gasteiger charge is 2.28. The Morgan fingerprint density at radius 1 is 1.33 bits per heavy atom. The molecule has 1 saturated heterocycles. The largest absolute Gasteiger partial charge is 0.321 e. The molecule has 2 heterocycles. The average Bonchev–Trinajstić information content (AvgIpc) is 3.13. The third kappa shape index (κ3) is 4.99. The van der Waals surface area contributed by atoms with E-state index in [-0.39, 0.29) is 5.75 Å². The van der Waals surface area contributed by atoms with E-state index in [9.17, 15) is 13.2 Å². The molecule has 1 fully saturated rings. The number of carbonyl (C=O) groups excluding carboxylic acids is 1. The Bertz CT molecular complexity index is 1090. The zero-order chi connectivity index (χ0) is 22.1. The number of anilines is 2. The monoisotopic (exact) mass is 470 g/mol. The van der Waals surface area contributed by atoms with E-state index < -0.39 is 15.9 Å². The molecule has 0 atom stereocenters. The Kier molecular flexibility index (Phi) is 6.79. The maximum Gasteiger partial charge on any atom is 0.248 e. The Morgan fingerprint density at radius 3 is 2.70 bits per heavy atom. The summed E-state index contributed by atoms with van der Waals surface area (Å²) in [5.41, 5.74) is 2.22. The Morgan fingerprint density at radius 2 is 2.07 bits per heavy atom. The van der Waals surface area contributed by atoms with Gasteiger partial charge in [-0.15, -0.1) is 0 Å². The van der Waals surface area contributed by atoms with Crippen molar-refractivity contribution in [1.82, 2.24) is 9.78 Å². The van der Waals surface area contributed by atoms with Gasteiger partial charge in [-0.2, -0.15) is 5.10 Å². The van der Waals surface area contributed by atoms with Gasteiger partial charge in [-0.25, -0.2) is 8.42 Å². The number of aromatic nitrogens is 2. The molecule has 1 amide bonds. The minimum atomic E-state index is -3.32. The van der Waals surface area contributed by atoms with Gasteiger partial charge in [-0.1, -0.05) is 37.0 Å². The van der Waals surface area contributed by atoms with Gasteiger partial charge < -0.3 is 5.32 Å². The molecule has 0 saturated carbocycles. The van der Waals surface area contributed by atoms with Crippen molar-refractivity contribution in [3.05, 3.63) is 45.7 Å². The normalized spacial score (nSPS) is 16.0. The van der Waals surface area contributed by atoms with E-state index in [2.05, 4.69) is 24.3 Å². The van der Waals surface area contributed by atoms with Crippen LogP contribution in [0, 0.1) is 12.8 Å². The Labute approximate surface area is 186 Å². The molecule has 3 rings (SSSR count). The molecule has 1 aromatic heterocycles. The van der Waals surface area contributed by atoms with Crippen LogP contribution in [0.5, 0.6) is 0 Å². The molecule has 162 valence electrons. The van der Waals surface area contributed by atoms with E-state index in [1.807, 2.05) is 6.92 Å². The van der Waals surface area contributed by atoms with Gasteiger partial charge in [0.25, 0.3) is 0 Å². The van der Waals surface area contributed by atoms with Crippen LogP contribution in [-0.4, -0.2) is 36.4 Å². The summed E-state index contributed by atoms with van der Waals surface area (Å²) in [5, 5.41) is 7.91. The van der Waals surface area contributed by atoms with E-state index in [0.717, 1.165) is 5.69 Å². The second-order valence-electron chi connectivity index (χ2n) is 7.59. The molecule has 0 bridgehead atoms. The SMILES string of the molecule is Cc1nn(CC(C)C)c(Cl)c1C=CC(=O)Nc1cc(N2CCCS2(=O)=O)ccc1Cl. The highest BCUT2D eigenvalue weighted by Crippen LogP contribution is 2.31. The predicted octanol–water partition coefficient (Wildman–Crippen LogP) is 4.35. The smallest absolute Gasteiger partial charge is 0.248 e. The van der Waals surface area contributed by atoms with E-state index in [1.54, 1.807) is 29.0 Å². The van der Waals surface area contributed by atoms with Crippen LogP contribution in [0.4, 0.5) is 11.4 Å². The van der Waals surface area contributed by atoms with E-state index in [0.29, 0.717) is 52.5 Å². The molecule has 0 radical (unpaired) electrons. The molecule has 0 aliphatic carbocycles. The van der Waals surface area contributed by atoms with Gasteiger partial charge in [-0.05, 0) is 43.5 Å². The molecule has 1 aliphatic heterocycles. The molecule has 7 nitrogen and oxygen atoms in total. The van der Waals surface area contributed by atoms with Gasteiger partial charge in [0.15, 0.2) is 0 Å². The minimum absolute atomic E-state index is 0.116. The maximum atomic E-state index is 12.4. The quantitative estimate of drug-likeness (QED) is 0.635. The molecule has 0 spiro atoms. The van der Waals surface area contributed by atoms with Crippen LogP contribution in [-0.2, 0) is 21.4 Å². The lowest BCUT2D eigenvalue weighted by Gasteiger charge is -2.18. The standard InChI is InChI=1S/C20H24Cl2N4O3S/c1-13(2)12-25-20(22)16(14(3)24-25)6-8-19(27)23-18-11-15(5-7-17(18)21)26-9-4-10-30(26,28)29/h5-8,11,13H,4,9-10,12H2,1-3H3,(H,23,27). The van der Waals surface area contributed by atoms with Crippen molar-refractivity contribution in [2.45, 2.75) is 33.7 Å². The Hall–Kier alpha value is -2.03. The number of nitrogens with one attached hydrogen (secondary N) is 1. The molecule has 1 aliphatic rings. The number of hydrogen-bond donors (Lipinski definition) is 1. The Balaban J connectivity index is 1.77. The number of carbonyl (C=O) groups is 1. The lowest BCUT2D eigenvalue weighted by atomic mass is 10.2. The van der Waals surface area contributed by atoms with Crippen LogP contribution in [0.15, 0.2) is 24.3 Å². The predicted molar refractivity (Wildman–Crippen MR) is 122 cm³/mol. The first kappa shape index (κ1) is 22.7. The molecule has 0 unspecified atom stereocenters. The molecule has 10 heteroatoms. The molecule has 30 heavy (non-hydrogen) atoms. The number of sulfonamides is 1. The number of nitrogens with zero attached hydrogens (tertiary/aromatic N) is 3. The summed E-state index contributed by atoms with van der Waals surface area (Å²) in [6.45, 7) is 7.07. The summed E-state index contributed by atoms with van der Waals surface area (Å²) in [6, 6.07) is 4.76. The number of rotatable bonds is 6.